The smallest absolute Gasteiger partial charge is 0.305 e. The van der Waals surface area contributed by atoms with Crippen LogP contribution in [0, 0.1) is 21.7 Å². The van der Waals surface area contributed by atoms with E-state index in [4.69, 9.17) is 11.6 Å². The number of nitrogens with zero attached hydrogens (tertiary/aromatic N) is 1. The number of benzene rings is 2. The highest BCUT2D eigenvalue weighted by molar-refractivity contribution is 6.31. The molecule has 20 heavy (non-hydrogen) atoms. The summed E-state index contributed by atoms with van der Waals surface area (Å²) in [6, 6.07) is 8.19. The lowest BCUT2D eigenvalue weighted by Crippen LogP contribution is -2.05. The van der Waals surface area contributed by atoms with Crippen LogP contribution in [0.4, 0.5) is 20.2 Å². The maximum atomic E-state index is 13.8. The first kappa shape index (κ1) is 14.2. The molecule has 1 N–H and O–H groups in total. The Morgan fingerprint density at radius 3 is 2.55 bits per heavy atom. The lowest BCUT2D eigenvalue weighted by atomic mass is 10.1. The lowest BCUT2D eigenvalue weighted by molar-refractivity contribution is -0.387. The molecule has 2 aromatic rings. The maximum absolute atomic E-state index is 13.8. The first-order valence-electron chi connectivity index (χ1n) is 5.60. The third-order valence-electron chi connectivity index (χ3n) is 2.68. The lowest BCUT2D eigenvalue weighted by Gasteiger charge is -2.09. The molecule has 0 bridgehead atoms. The summed E-state index contributed by atoms with van der Waals surface area (Å²) in [5.41, 5.74) is -0.446. The molecule has 0 aliphatic rings. The predicted molar refractivity (Wildman–Crippen MR) is 71.8 cm³/mol. The Labute approximate surface area is 118 Å². The number of hydrogen-bond acceptors (Lipinski definition) is 3. The number of hydrogen-bond donors (Lipinski definition) is 1. The summed E-state index contributed by atoms with van der Waals surface area (Å²) in [5, 5.41) is 13.2. The molecule has 0 aliphatic carbocycles. The molecule has 7 heteroatoms. The molecule has 0 spiro atoms. The van der Waals surface area contributed by atoms with Crippen molar-refractivity contribution in [2.45, 2.75) is 6.54 Å². The summed E-state index contributed by atoms with van der Waals surface area (Å²) >= 11 is 5.62. The molecular weight excluding hydrogens is 290 g/mol. The van der Waals surface area contributed by atoms with Gasteiger partial charge in [-0.25, -0.2) is 4.39 Å². The molecule has 0 aliphatic heterocycles. The van der Waals surface area contributed by atoms with Gasteiger partial charge in [-0.1, -0.05) is 29.8 Å². The van der Waals surface area contributed by atoms with E-state index in [2.05, 4.69) is 5.32 Å². The number of halogens is 3. The average molecular weight is 299 g/mol. The highest BCUT2D eigenvalue weighted by atomic mass is 35.5. The van der Waals surface area contributed by atoms with Crippen LogP contribution in [0.25, 0.3) is 0 Å². The Hall–Kier alpha value is -2.21. The zero-order chi connectivity index (χ0) is 14.7. The monoisotopic (exact) mass is 298 g/mol. The second-order valence-corrected chi connectivity index (χ2v) is 4.37. The van der Waals surface area contributed by atoms with Gasteiger partial charge in [-0.05, 0) is 12.1 Å². The van der Waals surface area contributed by atoms with Gasteiger partial charge >= 0.3 is 5.69 Å². The molecule has 0 saturated heterocycles. The quantitative estimate of drug-likeness (QED) is 0.682. The van der Waals surface area contributed by atoms with E-state index >= 15 is 0 Å². The van der Waals surface area contributed by atoms with E-state index in [1.54, 1.807) is 0 Å². The topological polar surface area (TPSA) is 55.2 Å². The van der Waals surface area contributed by atoms with Crippen LogP contribution < -0.4 is 5.32 Å². The van der Waals surface area contributed by atoms with Crippen molar-refractivity contribution >= 4 is 23.0 Å². The highest BCUT2D eigenvalue weighted by Gasteiger charge is 2.17. The van der Waals surface area contributed by atoms with Crippen LogP contribution in [0.3, 0.4) is 0 Å². The van der Waals surface area contributed by atoms with Crippen LogP contribution in [-0.4, -0.2) is 4.92 Å². The van der Waals surface area contributed by atoms with Gasteiger partial charge in [-0.15, -0.1) is 0 Å². The standard InChI is InChI=1S/C13H9ClF2N2O2/c14-9-4-2-5-10(13(9)16)17-7-8-3-1-6-11(12(8)15)18(19)20/h1-6,17H,7H2. The summed E-state index contributed by atoms with van der Waals surface area (Å²) in [5.74, 6) is -1.59. The van der Waals surface area contributed by atoms with Gasteiger partial charge in [0.15, 0.2) is 5.82 Å². The second-order valence-electron chi connectivity index (χ2n) is 3.96. The Bertz CT molecular complexity index is 665. The summed E-state index contributed by atoms with van der Waals surface area (Å²) in [7, 11) is 0. The summed E-state index contributed by atoms with van der Waals surface area (Å²) in [6.45, 7) is -0.0925. The molecule has 0 unspecified atom stereocenters. The van der Waals surface area contributed by atoms with E-state index in [0.717, 1.165) is 6.07 Å². The molecule has 4 nitrogen and oxygen atoms in total. The zero-order valence-corrected chi connectivity index (χ0v) is 10.8. The molecule has 104 valence electrons. The van der Waals surface area contributed by atoms with Crippen LogP contribution in [0.15, 0.2) is 36.4 Å². The molecule has 0 fully saturated rings. The third-order valence-corrected chi connectivity index (χ3v) is 2.97. The highest BCUT2D eigenvalue weighted by Crippen LogP contribution is 2.24. The van der Waals surface area contributed by atoms with Crippen molar-refractivity contribution in [2.24, 2.45) is 0 Å². The van der Waals surface area contributed by atoms with Crippen molar-refractivity contribution in [3.05, 3.63) is 68.7 Å². The third kappa shape index (κ3) is 2.85. The van der Waals surface area contributed by atoms with Gasteiger partial charge < -0.3 is 5.32 Å². The molecule has 0 atom stereocenters. The Morgan fingerprint density at radius 1 is 1.15 bits per heavy atom. The number of anilines is 1. The maximum Gasteiger partial charge on any atom is 0.305 e. The van der Waals surface area contributed by atoms with Gasteiger partial charge in [0.1, 0.15) is 0 Å². The number of rotatable bonds is 4. The van der Waals surface area contributed by atoms with E-state index in [9.17, 15) is 18.9 Å². The minimum absolute atomic E-state index is 0.0606. The average Bonchev–Trinajstić information content (AvgIpc) is 2.41. The van der Waals surface area contributed by atoms with Gasteiger partial charge in [-0.3, -0.25) is 10.1 Å². The Morgan fingerprint density at radius 2 is 1.85 bits per heavy atom. The molecule has 0 heterocycles. The van der Waals surface area contributed by atoms with Crippen LogP contribution in [0.1, 0.15) is 5.56 Å². The van der Waals surface area contributed by atoms with Gasteiger partial charge in [-0.2, -0.15) is 4.39 Å². The van der Waals surface area contributed by atoms with Crippen LogP contribution in [0.2, 0.25) is 5.02 Å². The fourth-order valence-corrected chi connectivity index (χ4v) is 1.85. The molecular formula is C13H9ClF2N2O2. The molecule has 0 amide bonds. The zero-order valence-electron chi connectivity index (χ0n) is 10.1. The fourth-order valence-electron chi connectivity index (χ4n) is 1.67. The SMILES string of the molecule is O=[N+]([O-])c1cccc(CNc2cccc(Cl)c2F)c1F. The normalized spacial score (nSPS) is 10.3. The first-order valence-corrected chi connectivity index (χ1v) is 5.98. The van der Waals surface area contributed by atoms with Gasteiger partial charge in [0.2, 0.25) is 5.82 Å². The van der Waals surface area contributed by atoms with Crippen LogP contribution in [0.5, 0.6) is 0 Å². The van der Waals surface area contributed by atoms with E-state index in [-0.39, 0.29) is 22.8 Å². The second kappa shape index (κ2) is 5.83. The molecule has 0 radical (unpaired) electrons. The molecule has 2 rings (SSSR count). The Balaban J connectivity index is 2.21. The predicted octanol–water partition coefficient (Wildman–Crippen LogP) is 4.14. The van der Waals surface area contributed by atoms with Crippen molar-refractivity contribution in [1.82, 2.24) is 0 Å². The van der Waals surface area contributed by atoms with E-state index in [0.29, 0.717) is 0 Å². The molecule has 0 saturated carbocycles. The van der Waals surface area contributed by atoms with Crippen molar-refractivity contribution < 1.29 is 13.7 Å². The minimum Gasteiger partial charge on any atom is -0.378 e. The van der Waals surface area contributed by atoms with Crippen LogP contribution >= 0.6 is 11.6 Å². The first-order chi connectivity index (χ1) is 9.50. The van der Waals surface area contributed by atoms with Crippen molar-refractivity contribution in [2.75, 3.05) is 5.32 Å². The number of nitro benzene ring substituents is 1. The summed E-state index contributed by atoms with van der Waals surface area (Å²) in [6.07, 6.45) is 0. The summed E-state index contributed by atoms with van der Waals surface area (Å²) < 4.78 is 27.4. The minimum atomic E-state index is -0.938. The van der Waals surface area contributed by atoms with Crippen molar-refractivity contribution in [3.8, 4) is 0 Å². The van der Waals surface area contributed by atoms with Gasteiger partial charge in [0, 0.05) is 18.2 Å². The fraction of sp³-hybridized carbons (Fsp3) is 0.0769. The van der Waals surface area contributed by atoms with E-state index in [1.807, 2.05) is 0 Å². The summed E-state index contributed by atoms with van der Waals surface area (Å²) in [4.78, 5) is 9.81. The van der Waals surface area contributed by atoms with Crippen molar-refractivity contribution in [3.63, 3.8) is 0 Å². The molecule has 2 aromatic carbocycles. The largest absolute Gasteiger partial charge is 0.378 e. The van der Waals surface area contributed by atoms with E-state index < -0.39 is 22.2 Å². The Kier molecular flexibility index (Phi) is 4.14. The van der Waals surface area contributed by atoms with Crippen molar-refractivity contribution in [1.29, 1.82) is 0 Å². The van der Waals surface area contributed by atoms with Crippen LogP contribution in [-0.2, 0) is 6.54 Å². The van der Waals surface area contributed by atoms with Gasteiger partial charge in [0.25, 0.3) is 0 Å². The van der Waals surface area contributed by atoms with E-state index in [1.165, 1.54) is 30.3 Å². The van der Waals surface area contributed by atoms with Gasteiger partial charge in [0.05, 0.1) is 15.6 Å². The number of nitrogens with one attached hydrogen (secondary N) is 1. The number of nitro groups is 1. The molecule has 0 aromatic heterocycles.